The van der Waals surface area contributed by atoms with Crippen LogP contribution in [-0.4, -0.2) is 16.0 Å². The number of carbonyl (C=O) groups excluding carboxylic acids is 1. The van der Waals surface area contributed by atoms with Gasteiger partial charge in [0.15, 0.2) is 5.58 Å². The molecule has 140 valence electrons. The van der Waals surface area contributed by atoms with Crippen molar-refractivity contribution in [1.82, 2.24) is 10.1 Å². The Morgan fingerprint density at radius 1 is 1.11 bits per heavy atom. The van der Waals surface area contributed by atoms with Gasteiger partial charge in [-0.2, -0.15) is 0 Å². The predicted octanol–water partition coefficient (Wildman–Crippen LogP) is 4.09. The summed E-state index contributed by atoms with van der Waals surface area (Å²) in [6, 6.07) is 18.9. The highest BCUT2D eigenvalue weighted by Gasteiger charge is 2.19. The Morgan fingerprint density at radius 2 is 1.89 bits per heavy atom. The molecule has 0 spiro atoms. The van der Waals surface area contributed by atoms with E-state index in [-0.39, 0.29) is 11.9 Å². The monoisotopic (exact) mass is 372 g/mol. The maximum absolute atomic E-state index is 11.5. The number of fused-ring (bicyclic) bond motifs is 1. The molecule has 1 atom stereocenters. The van der Waals surface area contributed by atoms with Crippen molar-refractivity contribution in [3.05, 3.63) is 78.1 Å². The van der Waals surface area contributed by atoms with Crippen LogP contribution in [-0.2, 0) is 11.2 Å². The Bertz CT molecular complexity index is 1140. The Morgan fingerprint density at radius 3 is 2.75 bits per heavy atom. The van der Waals surface area contributed by atoms with Crippen LogP contribution in [0.5, 0.6) is 0 Å². The molecule has 2 aromatic heterocycles. The molecule has 1 amide bonds. The van der Waals surface area contributed by atoms with E-state index >= 15 is 0 Å². The zero-order valence-corrected chi connectivity index (χ0v) is 15.4. The van der Waals surface area contributed by atoms with Crippen molar-refractivity contribution >= 4 is 22.6 Å². The quantitative estimate of drug-likeness (QED) is 0.550. The van der Waals surface area contributed by atoms with E-state index < -0.39 is 0 Å². The van der Waals surface area contributed by atoms with E-state index in [2.05, 4.69) is 15.5 Å². The summed E-state index contributed by atoms with van der Waals surface area (Å²) in [6.07, 6.45) is 2.17. The molecule has 0 bridgehead atoms. The van der Waals surface area contributed by atoms with Gasteiger partial charge in [0.05, 0.1) is 11.4 Å². The molecule has 4 aromatic rings. The molecule has 3 N–H and O–H groups in total. The number of aromatic nitrogens is 2. The second-order valence-electron chi connectivity index (χ2n) is 6.60. The normalized spacial score (nSPS) is 12.1. The molecule has 2 aromatic carbocycles. The van der Waals surface area contributed by atoms with Crippen molar-refractivity contribution in [2.75, 3.05) is 5.32 Å². The number of anilines is 1. The SMILES string of the molecule is CC(=O)Nc1cccnc1CC(N)c1ccccc1-c1noc2ccccc12. The van der Waals surface area contributed by atoms with Gasteiger partial charge in [0, 0.05) is 36.5 Å². The number of nitrogens with one attached hydrogen (secondary N) is 1. The van der Waals surface area contributed by atoms with Gasteiger partial charge in [0.2, 0.25) is 5.91 Å². The molecule has 0 fully saturated rings. The lowest BCUT2D eigenvalue weighted by Crippen LogP contribution is -2.17. The van der Waals surface area contributed by atoms with Gasteiger partial charge in [-0.15, -0.1) is 0 Å². The first-order valence-electron chi connectivity index (χ1n) is 9.04. The van der Waals surface area contributed by atoms with E-state index in [9.17, 15) is 4.79 Å². The van der Waals surface area contributed by atoms with Gasteiger partial charge < -0.3 is 15.6 Å². The number of nitrogens with zero attached hydrogens (tertiary/aromatic N) is 2. The van der Waals surface area contributed by atoms with Crippen LogP contribution in [0.25, 0.3) is 22.2 Å². The van der Waals surface area contributed by atoms with Gasteiger partial charge in [-0.25, -0.2) is 0 Å². The topological polar surface area (TPSA) is 94.0 Å². The molecule has 28 heavy (non-hydrogen) atoms. The van der Waals surface area contributed by atoms with Crippen LogP contribution in [0.1, 0.15) is 24.2 Å². The average Bonchev–Trinajstić information content (AvgIpc) is 3.13. The fourth-order valence-corrected chi connectivity index (χ4v) is 3.34. The minimum atomic E-state index is -0.325. The fraction of sp³-hybridized carbons (Fsp3) is 0.136. The molecule has 1 unspecified atom stereocenters. The number of amides is 1. The summed E-state index contributed by atoms with van der Waals surface area (Å²) in [6.45, 7) is 1.47. The van der Waals surface area contributed by atoms with Crippen molar-refractivity contribution in [3.8, 4) is 11.3 Å². The van der Waals surface area contributed by atoms with Gasteiger partial charge in [-0.1, -0.05) is 41.6 Å². The minimum Gasteiger partial charge on any atom is -0.356 e. The third-order valence-corrected chi connectivity index (χ3v) is 4.61. The van der Waals surface area contributed by atoms with Crippen LogP contribution in [0.15, 0.2) is 71.4 Å². The highest BCUT2D eigenvalue weighted by molar-refractivity contribution is 5.92. The summed E-state index contributed by atoms with van der Waals surface area (Å²) in [7, 11) is 0. The molecule has 0 aliphatic rings. The second-order valence-corrected chi connectivity index (χ2v) is 6.60. The standard InChI is InChI=1S/C22H20N4O2/c1-14(27)25-19-10-6-12-24-20(19)13-18(23)15-7-2-3-8-16(15)22-17-9-4-5-11-21(17)28-26-22/h2-12,18H,13,23H2,1H3,(H,25,27). The minimum absolute atomic E-state index is 0.141. The number of benzene rings is 2. The average molecular weight is 372 g/mol. The predicted molar refractivity (Wildman–Crippen MR) is 109 cm³/mol. The third-order valence-electron chi connectivity index (χ3n) is 4.61. The number of hydrogen-bond donors (Lipinski definition) is 2. The van der Waals surface area contributed by atoms with E-state index in [4.69, 9.17) is 10.3 Å². The van der Waals surface area contributed by atoms with Crippen molar-refractivity contribution in [2.45, 2.75) is 19.4 Å². The molecule has 0 aliphatic heterocycles. The zero-order chi connectivity index (χ0) is 19.5. The van der Waals surface area contributed by atoms with E-state index in [1.807, 2.05) is 54.6 Å². The van der Waals surface area contributed by atoms with Gasteiger partial charge in [-0.3, -0.25) is 9.78 Å². The van der Waals surface area contributed by atoms with E-state index in [0.717, 1.165) is 33.5 Å². The summed E-state index contributed by atoms with van der Waals surface area (Å²) >= 11 is 0. The second kappa shape index (κ2) is 7.62. The van der Waals surface area contributed by atoms with E-state index in [0.29, 0.717) is 12.1 Å². The molecule has 0 saturated heterocycles. The number of rotatable bonds is 5. The number of para-hydroxylation sites is 1. The van der Waals surface area contributed by atoms with Crippen molar-refractivity contribution in [2.24, 2.45) is 5.73 Å². The third kappa shape index (κ3) is 3.50. The van der Waals surface area contributed by atoms with Gasteiger partial charge >= 0.3 is 0 Å². The van der Waals surface area contributed by atoms with Crippen LogP contribution in [0.4, 0.5) is 5.69 Å². The van der Waals surface area contributed by atoms with Crippen LogP contribution in [0, 0.1) is 0 Å². The maximum Gasteiger partial charge on any atom is 0.221 e. The first kappa shape index (κ1) is 17.9. The first-order valence-corrected chi connectivity index (χ1v) is 9.04. The number of pyridine rings is 1. The van der Waals surface area contributed by atoms with Crippen LogP contribution in [0.3, 0.4) is 0 Å². The lowest BCUT2D eigenvalue weighted by molar-refractivity contribution is -0.114. The van der Waals surface area contributed by atoms with Crippen molar-refractivity contribution in [1.29, 1.82) is 0 Å². The summed E-state index contributed by atoms with van der Waals surface area (Å²) in [5, 5.41) is 8.03. The Balaban J connectivity index is 1.71. The molecule has 0 radical (unpaired) electrons. The Kier molecular flexibility index (Phi) is 4.87. The Labute approximate surface area is 162 Å². The molecular weight excluding hydrogens is 352 g/mol. The van der Waals surface area contributed by atoms with Gasteiger partial charge in [0.1, 0.15) is 5.69 Å². The maximum atomic E-state index is 11.5. The summed E-state index contributed by atoms with van der Waals surface area (Å²) < 4.78 is 5.47. The van der Waals surface area contributed by atoms with Crippen LogP contribution < -0.4 is 11.1 Å². The molecule has 6 heteroatoms. The van der Waals surface area contributed by atoms with Gasteiger partial charge in [-0.05, 0) is 29.8 Å². The van der Waals surface area contributed by atoms with Crippen molar-refractivity contribution in [3.63, 3.8) is 0 Å². The van der Waals surface area contributed by atoms with E-state index in [1.54, 1.807) is 12.3 Å². The van der Waals surface area contributed by atoms with Crippen LogP contribution >= 0.6 is 0 Å². The van der Waals surface area contributed by atoms with Crippen LogP contribution in [0.2, 0.25) is 0 Å². The van der Waals surface area contributed by atoms with E-state index in [1.165, 1.54) is 6.92 Å². The molecule has 2 heterocycles. The number of carbonyl (C=O) groups is 1. The summed E-state index contributed by atoms with van der Waals surface area (Å²) in [5.74, 6) is -0.141. The van der Waals surface area contributed by atoms with Gasteiger partial charge in [0.25, 0.3) is 0 Å². The first-order chi connectivity index (χ1) is 13.6. The lowest BCUT2D eigenvalue weighted by Gasteiger charge is -2.17. The Hall–Kier alpha value is -3.51. The smallest absolute Gasteiger partial charge is 0.221 e. The molecule has 6 nitrogen and oxygen atoms in total. The fourth-order valence-electron chi connectivity index (χ4n) is 3.34. The molecule has 4 rings (SSSR count). The molecule has 0 aliphatic carbocycles. The summed E-state index contributed by atoms with van der Waals surface area (Å²) in [5.41, 5.74) is 11.4. The molecule has 0 saturated carbocycles. The number of hydrogen-bond acceptors (Lipinski definition) is 5. The lowest BCUT2D eigenvalue weighted by atomic mass is 9.94. The highest BCUT2D eigenvalue weighted by Crippen LogP contribution is 2.33. The largest absolute Gasteiger partial charge is 0.356 e. The molecular formula is C22H20N4O2. The number of nitrogens with two attached hydrogens (primary N) is 1. The zero-order valence-electron chi connectivity index (χ0n) is 15.4. The highest BCUT2D eigenvalue weighted by atomic mass is 16.5. The van der Waals surface area contributed by atoms with Crippen molar-refractivity contribution < 1.29 is 9.32 Å². The summed E-state index contributed by atoms with van der Waals surface area (Å²) in [4.78, 5) is 15.9.